The number of nitrogens with zero attached hydrogens (tertiary/aromatic N) is 2. The Morgan fingerprint density at radius 2 is 2.23 bits per heavy atom. The molecule has 0 amide bonds. The van der Waals surface area contributed by atoms with Gasteiger partial charge in [0.05, 0.1) is 5.69 Å². The number of nitrogen functional groups attached to an aromatic ring is 1. The minimum Gasteiger partial charge on any atom is -0.368 e. The van der Waals surface area contributed by atoms with E-state index in [0.29, 0.717) is 0 Å². The Kier molecular flexibility index (Phi) is 1.84. The fourth-order valence-electron chi connectivity index (χ4n) is 1.04. The lowest BCUT2D eigenvalue weighted by molar-refractivity contribution is 0.770. The molecular weight excluding hydrogens is 166 g/mol. The fourth-order valence-corrected chi connectivity index (χ4v) is 1.04. The lowest BCUT2D eigenvalue weighted by atomic mass is 10.2. The third kappa shape index (κ3) is 1.58. The Bertz CT molecular complexity index is 369. The van der Waals surface area contributed by atoms with Gasteiger partial charge in [-0.2, -0.15) is 0 Å². The summed E-state index contributed by atoms with van der Waals surface area (Å²) < 4.78 is 0. The first-order chi connectivity index (χ1) is 6.36. The normalized spacial score (nSPS) is 14.3. The van der Waals surface area contributed by atoms with Crippen LogP contribution < -0.4 is 16.6 Å². The molecule has 1 aliphatic heterocycles. The number of hydrazine groups is 1. The summed E-state index contributed by atoms with van der Waals surface area (Å²) in [5, 5.41) is 0. The maximum atomic E-state index is 5.46. The number of nitrogens with two attached hydrogens (primary N) is 1. The van der Waals surface area contributed by atoms with Gasteiger partial charge in [-0.1, -0.05) is 0 Å². The SMILES string of the molecule is Nc1nccc(C2=CNNC=C2)n1. The second-order valence-corrected chi connectivity index (χ2v) is 2.52. The van der Waals surface area contributed by atoms with Crippen molar-refractivity contribution in [2.75, 3.05) is 5.73 Å². The number of nitrogens with one attached hydrogen (secondary N) is 2. The van der Waals surface area contributed by atoms with Crippen LogP contribution in [0, 0.1) is 0 Å². The van der Waals surface area contributed by atoms with E-state index in [4.69, 9.17) is 5.73 Å². The predicted molar refractivity (Wildman–Crippen MR) is 49.8 cm³/mol. The Morgan fingerprint density at radius 3 is 2.92 bits per heavy atom. The van der Waals surface area contributed by atoms with Crippen LogP contribution in [0.5, 0.6) is 0 Å². The Hall–Kier alpha value is -2.04. The molecule has 0 radical (unpaired) electrons. The molecule has 5 heteroatoms. The van der Waals surface area contributed by atoms with E-state index in [9.17, 15) is 0 Å². The largest absolute Gasteiger partial charge is 0.368 e. The highest BCUT2D eigenvalue weighted by molar-refractivity contribution is 5.72. The quantitative estimate of drug-likeness (QED) is 0.561. The van der Waals surface area contributed by atoms with Crippen LogP contribution in [0.15, 0.2) is 30.7 Å². The topological polar surface area (TPSA) is 75.9 Å². The maximum Gasteiger partial charge on any atom is 0.220 e. The summed E-state index contributed by atoms with van der Waals surface area (Å²) in [6.07, 6.45) is 7.13. The number of allylic oxidation sites excluding steroid dienone is 2. The van der Waals surface area contributed by atoms with Crippen molar-refractivity contribution in [2.24, 2.45) is 0 Å². The molecule has 1 aromatic heterocycles. The van der Waals surface area contributed by atoms with E-state index in [2.05, 4.69) is 20.8 Å². The van der Waals surface area contributed by atoms with Gasteiger partial charge >= 0.3 is 0 Å². The third-order valence-corrected chi connectivity index (χ3v) is 1.63. The molecule has 2 rings (SSSR count). The molecule has 66 valence electrons. The van der Waals surface area contributed by atoms with E-state index in [1.165, 1.54) is 0 Å². The van der Waals surface area contributed by atoms with Gasteiger partial charge in [0.15, 0.2) is 0 Å². The van der Waals surface area contributed by atoms with Crippen molar-refractivity contribution in [3.8, 4) is 0 Å². The van der Waals surface area contributed by atoms with Gasteiger partial charge in [-0.15, -0.1) is 0 Å². The van der Waals surface area contributed by atoms with Crippen LogP contribution in [-0.4, -0.2) is 9.97 Å². The number of anilines is 1. The highest BCUT2D eigenvalue weighted by atomic mass is 15.3. The van der Waals surface area contributed by atoms with Crippen LogP contribution in [0.4, 0.5) is 5.95 Å². The fraction of sp³-hybridized carbons (Fsp3) is 0. The highest BCUT2D eigenvalue weighted by Gasteiger charge is 2.02. The average molecular weight is 175 g/mol. The van der Waals surface area contributed by atoms with Crippen LogP contribution in [0.1, 0.15) is 5.69 Å². The Balaban J connectivity index is 2.35. The maximum absolute atomic E-state index is 5.46. The summed E-state index contributed by atoms with van der Waals surface area (Å²) in [5.41, 5.74) is 12.9. The standard InChI is InChI=1S/C8H9N5/c9-8-10-3-2-7(13-8)6-1-4-11-12-5-6/h1-5,11-12H,(H2,9,10,13). The monoisotopic (exact) mass is 175 g/mol. The van der Waals surface area contributed by atoms with E-state index in [0.717, 1.165) is 11.3 Å². The first-order valence-electron chi connectivity index (χ1n) is 3.83. The molecule has 4 N–H and O–H groups in total. The molecule has 2 heterocycles. The van der Waals surface area contributed by atoms with E-state index in [-0.39, 0.29) is 5.95 Å². The molecule has 0 saturated carbocycles. The van der Waals surface area contributed by atoms with Crippen LogP contribution >= 0.6 is 0 Å². The van der Waals surface area contributed by atoms with Crippen molar-refractivity contribution in [2.45, 2.75) is 0 Å². The van der Waals surface area contributed by atoms with E-state index < -0.39 is 0 Å². The minimum absolute atomic E-state index is 0.283. The Labute approximate surface area is 75.4 Å². The lowest BCUT2D eigenvalue weighted by Crippen LogP contribution is -2.23. The molecule has 1 aliphatic rings. The van der Waals surface area contributed by atoms with Crippen molar-refractivity contribution in [3.63, 3.8) is 0 Å². The van der Waals surface area contributed by atoms with E-state index >= 15 is 0 Å². The molecule has 0 bridgehead atoms. The highest BCUT2D eigenvalue weighted by Crippen LogP contribution is 2.13. The zero-order chi connectivity index (χ0) is 9.10. The molecule has 0 unspecified atom stereocenters. The van der Waals surface area contributed by atoms with E-state index in [1.54, 1.807) is 18.5 Å². The van der Waals surface area contributed by atoms with Crippen molar-refractivity contribution in [1.29, 1.82) is 0 Å². The van der Waals surface area contributed by atoms with Crippen LogP contribution in [-0.2, 0) is 0 Å². The van der Waals surface area contributed by atoms with Gasteiger partial charge in [-0.05, 0) is 12.1 Å². The van der Waals surface area contributed by atoms with Gasteiger partial charge < -0.3 is 16.6 Å². The van der Waals surface area contributed by atoms with Crippen LogP contribution in [0.25, 0.3) is 5.57 Å². The van der Waals surface area contributed by atoms with Crippen molar-refractivity contribution in [3.05, 3.63) is 36.4 Å². The zero-order valence-corrected chi connectivity index (χ0v) is 6.86. The molecular formula is C8H9N5. The molecule has 5 nitrogen and oxygen atoms in total. The molecule has 13 heavy (non-hydrogen) atoms. The van der Waals surface area contributed by atoms with Crippen LogP contribution in [0.3, 0.4) is 0 Å². The molecule has 0 saturated heterocycles. The second-order valence-electron chi connectivity index (χ2n) is 2.52. The zero-order valence-electron chi connectivity index (χ0n) is 6.86. The van der Waals surface area contributed by atoms with Gasteiger partial charge in [0.2, 0.25) is 5.95 Å². The van der Waals surface area contributed by atoms with Gasteiger partial charge in [0.25, 0.3) is 0 Å². The van der Waals surface area contributed by atoms with Crippen molar-refractivity contribution in [1.82, 2.24) is 20.8 Å². The van der Waals surface area contributed by atoms with Gasteiger partial charge in [-0.25, -0.2) is 9.97 Å². The van der Waals surface area contributed by atoms with Gasteiger partial charge in [-0.3, -0.25) is 0 Å². The summed E-state index contributed by atoms with van der Waals surface area (Å²) in [6, 6.07) is 1.81. The Morgan fingerprint density at radius 1 is 1.31 bits per heavy atom. The molecule has 0 atom stereocenters. The molecule has 0 aromatic carbocycles. The van der Waals surface area contributed by atoms with E-state index in [1.807, 2.05) is 12.3 Å². The second kappa shape index (κ2) is 3.14. The summed E-state index contributed by atoms with van der Waals surface area (Å²) in [5.74, 6) is 0.283. The predicted octanol–water partition coefficient (Wildman–Crippen LogP) is 0.0212. The molecule has 0 aliphatic carbocycles. The van der Waals surface area contributed by atoms with Crippen LogP contribution in [0.2, 0.25) is 0 Å². The average Bonchev–Trinajstić information content (AvgIpc) is 2.19. The number of rotatable bonds is 1. The number of hydrogen-bond acceptors (Lipinski definition) is 5. The number of hydrogen-bond donors (Lipinski definition) is 3. The first kappa shape index (κ1) is 7.60. The van der Waals surface area contributed by atoms with Gasteiger partial charge in [0.1, 0.15) is 0 Å². The van der Waals surface area contributed by atoms with Crippen molar-refractivity contribution >= 4 is 11.5 Å². The lowest BCUT2D eigenvalue weighted by Gasteiger charge is -2.09. The molecule has 1 aromatic rings. The van der Waals surface area contributed by atoms with Gasteiger partial charge in [0, 0.05) is 24.2 Å². The van der Waals surface area contributed by atoms with Crippen molar-refractivity contribution < 1.29 is 0 Å². The molecule has 0 fully saturated rings. The first-order valence-corrected chi connectivity index (χ1v) is 3.83. The molecule has 0 spiro atoms. The summed E-state index contributed by atoms with van der Waals surface area (Å²) >= 11 is 0. The summed E-state index contributed by atoms with van der Waals surface area (Å²) in [4.78, 5) is 7.89. The smallest absolute Gasteiger partial charge is 0.220 e. The summed E-state index contributed by atoms with van der Waals surface area (Å²) in [7, 11) is 0. The number of aromatic nitrogens is 2. The third-order valence-electron chi connectivity index (χ3n) is 1.63. The minimum atomic E-state index is 0.283. The summed E-state index contributed by atoms with van der Waals surface area (Å²) in [6.45, 7) is 0.